The van der Waals surface area contributed by atoms with Crippen LogP contribution in [0.15, 0.2) is 42.6 Å². The van der Waals surface area contributed by atoms with Crippen LogP contribution in [-0.2, 0) is 6.18 Å². The second kappa shape index (κ2) is 5.32. The first-order valence-electron chi connectivity index (χ1n) is 5.77. The van der Waals surface area contributed by atoms with Gasteiger partial charge in [0.2, 0.25) is 0 Å². The van der Waals surface area contributed by atoms with E-state index in [4.69, 9.17) is 0 Å². The van der Waals surface area contributed by atoms with Gasteiger partial charge in [-0.25, -0.2) is 0 Å². The molecular weight excluding hydrogens is 269 g/mol. The van der Waals surface area contributed by atoms with Crippen LogP contribution in [0.2, 0.25) is 0 Å². The molecule has 0 aliphatic carbocycles. The highest BCUT2D eigenvalue weighted by atomic mass is 19.4. The van der Waals surface area contributed by atoms with Crippen molar-refractivity contribution in [1.29, 1.82) is 0 Å². The van der Waals surface area contributed by atoms with Crippen LogP contribution in [0, 0.1) is 0 Å². The zero-order valence-corrected chi connectivity index (χ0v) is 10.5. The quantitative estimate of drug-likeness (QED) is 0.918. The van der Waals surface area contributed by atoms with Crippen LogP contribution >= 0.6 is 0 Å². The first-order chi connectivity index (χ1) is 9.41. The highest BCUT2D eigenvalue weighted by Crippen LogP contribution is 2.31. The fourth-order valence-corrected chi connectivity index (χ4v) is 1.70. The summed E-state index contributed by atoms with van der Waals surface area (Å²) in [5, 5.41) is 2.44. The van der Waals surface area contributed by atoms with Crippen molar-refractivity contribution in [3.8, 4) is 11.3 Å². The van der Waals surface area contributed by atoms with Crippen LogP contribution in [0.5, 0.6) is 0 Å². The molecule has 0 saturated heterocycles. The van der Waals surface area contributed by atoms with Gasteiger partial charge in [0.15, 0.2) is 0 Å². The van der Waals surface area contributed by atoms with Crippen molar-refractivity contribution in [1.82, 2.24) is 10.3 Å². The van der Waals surface area contributed by atoms with Gasteiger partial charge >= 0.3 is 6.18 Å². The standard InChI is InChI=1S/C14H11F3N2O/c1-18-13(20)10-5-6-12(19-8-10)9-3-2-4-11(7-9)14(15,16)17/h2-8H,1H3,(H,18,20). The topological polar surface area (TPSA) is 42.0 Å². The van der Waals surface area contributed by atoms with Crippen molar-refractivity contribution >= 4 is 5.91 Å². The number of rotatable bonds is 2. The van der Waals surface area contributed by atoms with Gasteiger partial charge in [-0.15, -0.1) is 0 Å². The van der Waals surface area contributed by atoms with Crippen molar-refractivity contribution in [3.63, 3.8) is 0 Å². The molecule has 1 N–H and O–H groups in total. The lowest BCUT2D eigenvalue weighted by atomic mass is 10.1. The molecule has 2 rings (SSSR count). The van der Waals surface area contributed by atoms with E-state index in [2.05, 4.69) is 10.3 Å². The summed E-state index contributed by atoms with van der Waals surface area (Å²) in [6.45, 7) is 0. The molecule has 0 atom stereocenters. The number of amides is 1. The molecule has 6 heteroatoms. The third kappa shape index (κ3) is 2.96. The Labute approximate surface area is 113 Å². The molecule has 0 unspecified atom stereocenters. The van der Waals surface area contributed by atoms with Gasteiger partial charge in [0.1, 0.15) is 0 Å². The van der Waals surface area contributed by atoms with E-state index in [1.54, 1.807) is 0 Å². The number of nitrogens with zero attached hydrogens (tertiary/aromatic N) is 1. The number of halogens is 3. The molecule has 0 aliphatic rings. The Hall–Kier alpha value is -2.37. The van der Waals surface area contributed by atoms with Gasteiger partial charge in [0, 0.05) is 18.8 Å². The molecule has 3 nitrogen and oxygen atoms in total. The van der Waals surface area contributed by atoms with Crippen molar-refractivity contribution in [2.75, 3.05) is 7.05 Å². The zero-order chi connectivity index (χ0) is 14.8. The Bertz CT molecular complexity index is 621. The molecule has 1 aromatic carbocycles. The van der Waals surface area contributed by atoms with Gasteiger partial charge in [-0.2, -0.15) is 13.2 Å². The van der Waals surface area contributed by atoms with Crippen LogP contribution in [0.1, 0.15) is 15.9 Å². The van der Waals surface area contributed by atoms with E-state index in [-0.39, 0.29) is 5.91 Å². The summed E-state index contributed by atoms with van der Waals surface area (Å²) in [5.41, 5.74) is 0.349. The number of carbonyl (C=O) groups excluding carboxylic acids is 1. The van der Waals surface area contributed by atoms with E-state index in [0.29, 0.717) is 16.8 Å². The Morgan fingerprint density at radius 1 is 1.20 bits per heavy atom. The highest BCUT2D eigenvalue weighted by molar-refractivity contribution is 5.93. The van der Waals surface area contributed by atoms with Crippen LogP contribution in [0.25, 0.3) is 11.3 Å². The minimum Gasteiger partial charge on any atom is -0.355 e. The number of benzene rings is 1. The van der Waals surface area contributed by atoms with Crippen molar-refractivity contribution in [3.05, 3.63) is 53.7 Å². The number of pyridine rings is 1. The molecule has 0 aliphatic heterocycles. The zero-order valence-electron chi connectivity index (χ0n) is 10.5. The number of carbonyl (C=O) groups is 1. The lowest BCUT2D eigenvalue weighted by Crippen LogP contribution is -2.17. The molecule has 104 valence electrons. The average molecular weight is 280 g/mol. The fourth-order valence-electron chi connectivity index (χ4n) is 1.70. The van der Waals surface area contributed by atoms with Crippen LogP contribution < -0.4 is 5.32 Å². The minimum absolute atomic E-state index is 0.298. The monoisotopic (exact) mass is 280 g/mol. The summed E-state index contributed by atoms with van der Waals surface area (Å²) in [6, 6.07) is 7.93. The smallest absolute Gasteiger partial charge is 0.355 e. The van der Waals surface area contributed by atoms with Gasteiger partial charge in [0.05, 0.1) is 16.8 Å². The van der Waals surface area contributed by atoms with Crippen LogP contribution in [0.4, 0.5) is 13.2 Å². The predicted molar refractivity (Wildman–Crippen MR) is 68.1 cm³/mol. The fraction of sp³-hybridized carbons (Fsp3) is 0.143. The summed E-state index contributed by atoms with van der Waals surface area (Å²) >= 11 is 0. The predicted octanol–water partition coefficient (Wildman–Crippen LogP) is 3.13. The molecule has 20 heavy (non-hydrogen) atoms. The normalized spacial score (nSPS) is 11.2. The van der Waals surface area contributed by atoms with E-state index in [0.717, 1.165) is 12.1 Å². The van der Waals surface area contributed by atoms with Gasteiger partial charge < -0.3 is 5.32 Å². The first-order valence-corrected chi connectivity index (χ1v) is 5.77. The van der Waals surface area contributed by atoms with E-state index < -0.39 is 11.7 Å². The Kier molecular flexibility index (Phi) is 3.74. The maximum absolute atomic E-state index is 12.6. The third-order valence-corrected chi connectivity index (χ3v) is 2.74. The molecule has 0 spiro atoms. The molecule has 0 radical (unpaired) electrons. The Morgan fingerprint density at radius 2 is 1.95 bits per heavy atom. The number of nitrogens with one attached hydrogen (secondary N) is 1. The first kappa shape index (κ1) is 14.0. The second-order valence-corrected chi connectivity index (χ2v) is 4.09. The minimum atomic E-state index is -4.39. The summed E-state index contributed by atoms with van der Waals surface area (Å²) < 4.78 is 37.9. The number of aromatic nitrogens is 1. The number of hydrogen-bond donors (Lipinski definition) is 1. The number of hydrogen-bond acceptors (Lipinski definition) is 2. The van der Waals surface area contributed by atoms with Crippen molar-refractivity contribution < 1.29 is 18.0 Å². The highest BCUT2D eigenvalue weighted by Gasteiger charge is 2.30. The van der Waals surface area contributed by atoms with E-state index in [1.165, 1.54) is 37.5 Å². The van der Waals surface area contributed by atoms with Gasteiger partial charge in [-0.05, 0) is 24.3 Å². The summed E-state index contributed by atoms with van der Waals surface area (Å²) in [7, 11) is 1.49. The van der Waals surface area contributed by atoms with E-state index in [9.17, 15) is 18.0 Å². The molecule has 2 aromatic rings. The maximum Gasteiger partial charge on any atom is 0.416 e. The SMILES string of the molecule is CNC(=O)c1ccc(-c2cccc(C(F)(F)F)c2)nc1. The number of alkyl halides is 3. The maximum atomic E-state index is 12.6. The molecule has 0 fully saturated rings. The van der Waals surface area contributed by atoms with Crippen molar-refractivity contribution in [2.45, 2.75) is 6.18 Å². The largest absolute Gasteiger partial charge is 0.416 e. The second-order valence-electron chi connectivity index (χ2n) is 4.09. The van der Waals surface area contributed by atoms with E-state index >= 15 is 0 Å². The van der Waals surface area contributed by atoms with Gasteiger partial charge in [-0.1, -0.05) is 12.1 Å². The van der Waals surface area contributed by atoms with Crippen LogP contribution in [0.3, 0.4) is 0 Å². The lowest BCUT2D eigenvalue weighted by molar-refractivity contribution is -0.137. The molecule has 1 aromatic heterocycles. The molecule has 1 amide bonds. The Balaban J connectivity index is 2.35. The van der Waals surface area contributed by atoms with Gasteiger partial charge in [-0.3, -0.25) is 9.78 Å². The van der Waals surface area contributed by atoms with Crippen LogP contribution in [-0.4, -0.2) is 17.9 Å². The summed E-state index contributed by atoms with van der Waals surface area (Å²) in [5.74, 6) is -0.298. The molecule has 1 heterocycles. The van der Waals surface area contributed by atoms with Crippen molar-refractivity contribution in [2.24, 2.45) is 0 Å². The summed E-state index contributed by atoms with van der Waals surface area (Å²) in [6.07, 6.45) is -3.06. The molecular formula is C14H11F3N2O. The third-order valence-electron chi connectivity index (χ3n) is 2.74. The molecule has 0 saturated carbocycles. The van der Waals surface area contributed by atoms with E-state index in [1.807, 2.05) is 0 Å². The summed E-state index contributed by atoms with van der Waals surface area (Å²) in [4.78, 5) is 15.4. The lowest BCUT2D eigenvalue weighted by Gasteiger charge is -2.08. The average Bonchev–Trinajstić information content (AvgIpc) is 2.46. The molecule has 0 bridgehead atoms. The Morgan fingerprint density at radius 3 is 2.50 bits per heavy atom. The van der Waals surface area contributed by atoms with Gasteiger partial charge in [0.25, 0.3) is 5.91 Å².